The Morgan fingerprint density at radius 1 is 1.21 bits per heavy atom. The number of benzene rings is 1. The highest BCUT2D eigenvalue weighted by Crippen LogP contribution is 2.21. The molecule has 2 aromatic rings. The van der Waals surface area contributed by atoms with E-state index >= 15 is 0 Å². The Balaban J connectivity index is 2.45. The smallest absolute Gasteiger partial charge is 0.164 e. The number of halogens is 2. The molecule has 0 radical (unpaired) electrons. The number of methoxy groups -OCH3 is 1. The first-order valence-corrected chi connectivity index (χ1v) is 5.64. The van der Waals surface area contributed by atoms with Gasteiger partial charge in [0.2, 0.25) is 0 Å². The lowest BCUT2D eigenvalue weighted by atomic mass is 10.2. The van der Waals surface area contributed by atoms with Crippen molar-refractivity contribution in [2.45, 2.75) is 13.2 Å². The molecule has 102 valence electrons. The van der Waals surface area contributed by atoms with E-state index in [0.717, 1.165) is 18.2 Å². The van der Waals surface area contributed by atoms with Gasteiger partial charge in [-0.05, 0) is 12.1 Å². The molecule has 0 saturated carbocycles. The molecule has 0 atom stereocenters. The lowest BCUT2D eigenvalue weighted by molar-refractivity contribution is 0.183. The minimum Gasteiger partial charge on any atom is -0.388 e. The lowest BCUT2D eigenvalue weighted by Gasteiger charge is -2.08. The van der Waals surface area contributed by atoms with Gasteiger partial charge in [0.05, 0.1) is 6.61 Å². The Morgan fingerprint density at radius 2 is 1.89 bits per heavy atom. The highest BCUT2D eigenvalue weighted by atomic mass is 19.1. The van der Waals surface area contributed by atoms with E-state index in [1.165, 1.54) is 7.11 Å². The van der Waals surface area contributed by atoms with Crippen LogP contribution in [-0.2, 0) is 17.9 Å². The van der Waals surface area contributed by atoms with Crippen LogP contribution in [0.15, 0.2) is 18.2 Å². The van der Waals surface area contributed by atoms with Crippen LogP contribution in [-0.4, -0.2) is 33.6 Å². The Hall–Kier alpha value is -1.86. The SMILES string of the molecule is COCCn1c(CO)nnc1-c1cc(F)cc(F)c1. The summed E-state index contributed by atoms with van der Waals surface area (Å²) in [5, 5.41) is 16.8. The predicted molar refractivity (Wildman–Crippen MR) is 63.2 cm³/mol. The number of hydrogen-bond acceptors (Lipinski definition) is 4. The van der Waals surface area contributed by atoms with Crippen LogP contribution >= 0.6 is 0 Å². The van der Waals surface area contributed by atoms with Crippen molar-refractivity contribution in [2.24, 2.45) is 0 Å². The zero-order valence-corrected chi connectivity index (χ0v) is 10.3. The summed E-state index contributed by atoms with van der Waals surface area (Å²) in [5.41, 5.74) is 0.265. The molecule has 0 aliphatic heterocycles. The number of hydrogen-bond donors (Lipinski definition) is 1. The van der Waals surface area contributed by atoms with Gasteiger partial charge < -0.3 is 14.4 Å². The number of nitrogens with zero attached hydrogens (tertiary/aromatic N) is 3. The van der Waals surface area contributed by atoms with Gasteiger partial charge in [-0.2, -0.15) is 0 Å². The number of ether oxygens (including phenoxy) is 1. The quantitative estimate of drug-likeness (QED) is 0.890. The predicted octanol–water partition coefficient (Wildman–Crippen LogP) is 1.36. The third-order valence-electron chi connectivity index (χ3n) is 2.61. The minimum atomic E-state index is -0.693. The second kappa shape index (κ2) is 5.85. The summed E-state index contributed by atoms with van der Waals surface area (Å²) < 4.78 is 32.9. The fraction of sp³-hybridized carbons (Fsp3) is 0.333. The summed E-state index contributed by atoms with van der Waals surface area (Å²) in [4.78, 5) is 0. The van der Waals surface area contributed by atoms with E-state index in [0.29, 0.717) is 24.8 Å². The van der Waals surface area contributed by atoms with Gasteiger partial charge in [-0.25, -0.2) is 8.78 Å². The van der Waals surface area contributed by atoms with E-state index in [2.05, 4.69) is 10.2 Å². The summed E-state index contributed by atoms with van der Waals surface area (Å²) in [7, 11) is 1.53. The molecule has 7 heteroatoms. The van der Waals surface area contributed by atoms with Crippen LogP contribution in [0.3, 0.4) is 0 Å². The number of aliphatic hydroxyl groups is 1. The number of aromatic nitrogens is 3. The van der Waals surface area contributed by atoms with Crippen molar-refractivity contribution in [3.63, 3.8) is 0 Å². The Morgan fingerprint density at radius 3 is 2.47 bits per heavy atom. The summed E-state index contributed by atoms with van der Waals surface area (Å²) in [5.74, 6) is -0.778. The minimum absolute atomic E-state index is 0.265. The zero-order chi connectivity index (χ0) is 13.8. The number of aliphatic hydroxyl groups excluding tert-OH is 1. The summed E-state index contributed by atoms with van der Waals surface area (Å²) in [6.07, 6.45) is 0. The maximum Gasteiger partial charge on any atom is 0.164 e. The van der Waals surface area contributed by atoms with E-state index in [1.807, 2.05) is 0 Å². The van der Waals surface area contributed by atoms with E-state index < -0.39 is 11.6 Å². The molecule has 0 bridgehead atoms. The van der Waals surface area contributed by atoms with Crippen molar-refractivity contribution in [3.05, 3.63) is 35.7 Å². The average molecular weight is 269 g/mol. The van der Waals surface area contributed by atoms with E-state index in [1.54, 1.807) is 4.57 Å². The molecule has 1 N–H and O–H groups in total. The van der Waals surface area contributed by atoms with Crippen LogP contribution in [0, 0.1) is 11.6 Å². The van der Waals surface area contributed by atoms with E-state index in [4.69, 9.17) is 4.74 Å². The summed E-state index contributed by atoms with van der Waals surface area (Å²) in [6, 6.07) is 3.11. The molecular formula is C12H13F2N3O2. The summed E-state index contributed by atoms with van der Waals surface area (Å²) in [6.45, 7) is 0.442. The Kier molecular flexibility index (Phi) is 4.18. The molecule has 5 nitrogen and oxygen atoms in total. The van der Waals surface area contributed by atoms with Crippen molar-refractivity contribution < 1.29 is 18.6 Å². The van der Waals surface area contributed by atoms with Crippen LogP contribution < -0.4 is 0 Å². The van der Waals surface area contributed by atoms with E-state index in [-0.39, 0.29) is 12.2 Å². The third kappa shape index (κ3) is 2.94. The fourth-order valence-electron chi connectivity index (χ4n) is 1.77. The van der Waals surface area contributed by atoms with Crippen LogP contribution in [0.5, 0.6) is 0 Å². The topological polar surface area (TPSA) is 60.2 Å². The maximum atomic E-state index is 13.2. The van der Waals surface area contributed by atoms with Crippen LogP contribution in [0.2, 0.25) is 0 Å². The van der Waals surface area contributed by atoms with Gasteiger partial charge in [0.15, 0.2) is 11.6 Å². The molecule has 1 heterocycles. The highest BCUT2D eigenvalue weighted by Gasteiger charge is 2.14. The monoisotopic (exact) mass is 269 g/mol. The molecule has 1 aromatic carbocycles. The van der Waals surface area contributed by atoms with Crippen molar-refractivity contribution in [1.29, 1.82) is 0 Å². The highest BCUT2D eigenvalue weighted by molar-refractivity contribution is 5.55. The molecule has 0 amide bonds. The van der Waals surface area contributed by atoms with Crippen LogP contribution in [0.4, 0.5) is 8.78 Å². The average Bonchev–Trinajstić information content (AvgIpc) is 2.77. The van der Waals surface area contributed by atoms with Gasteiger partial charge >= 0.3 is 0 Å². The van der Waals surface area contributed by atoms with E-state index in [9.17, 15) is 13.9 Å². The van der Waals surface area contributed by atoms with Crippen molar-refractivity contribution >= 4 is 0 Å². The largest absolute Gasteiger partial charge is 0.388 e. The molecule has 0 aliphatic carbocycles. The van der Waals surface area contributed by atoms with Crippen LogP contribution in [0.25, 0.3) is 11.4 Å². The first-order valence-electron chi connectivity index (χ1n) is 5.64. The molecular weight excluding hydrogens is 256 g/mol. The third-order valence-corrected chi connectivity index (χ3v) is 2.61. The first kappa shape index (κ1) is 13.6. The Labute approximate surface area is 108 Å². The first-order chi connectivity index (χ1) is 9.15. The molecule has 0 aliphatic rings. The standard InChI is InChI=1S/C12H13F2N3O2/c1-19-3-2-17-11(7-18)15-16-12(17)8-4-9(13)6-10(14)5-8/h4-6,18H,2-3,7H2,1H3. The maximum absolute atomic E-state index is 13.2. The van der Waals surface area contributed by atoms with Gasteiger partial charge in [0.25, 0.3) is 0 Å². The molecule has 2 rings (SSSR count). The van der Waals surface area contributed by atoms with Crippen molar-refractivity contribution in [1.82, 2.24) is 14.8 Å². The lowest BCUT2D eigenvalue weighted by Crippen LogP contribution is -2.10. The summed E-state index contributed by atoms with van der Waals surface area (Å²) >= 11 is 0. The molecule has 0 spiro atoms. The second-order valence-electron chi connectivity index (χ2n) is 3.90. The van der Waals surface area contributed by atoms with Gasteiger partial charge in [-0.1, -0.05) is 0 Å². The molecule has 0 unspecified atom stereocenters. The molecule has 0 fully saturated rings. The number of rotatable bonds is 5. The van der Waals surface area contributed by atoms with Crippen molar-refractivity contribution in [3.8, 4) is 11.4 Å². The zero-order valence-electron chi connectivity index (χ0n) is 10.3. The fourth-order valence-corrected chi connectivity index (χ4v) is 1.77. The van der Waals surface area contributed by atoms with Gasteiger partial charge in [0.1, 0.15) is 18.2 Å². The van der Waals surface area contributed by atoms with Gasteiger partial charge in [0, 0.05) is 25.3 Å². The van der Waals surface area contributed by atoms with Gasteiger partial charge in [-0.3, -0.25) is 0 Å². The van der Waals surface area contributed by atoms with Crippen molar-refractivity contribution in [2.75, 3.05) is 13.7 Å². The molecule has 1 aromatic heterocycles. The van der Waals surface area contributed by atoms with Crippen LogP contribution in [0.1, 0.15) is 5.82 Å². The normalized spacial score (nSPS) is 10.9. The van der Waals surface area contributed by atoms with Gasteiger partial charge in [-0.15, -0.1) is 10.2 Å². The Bertz CT molecular complexity index is 552. The second-order valence-corrected chi connectivity index (χ2v) is 3.90. The molecule has 19 heavy (non-hydrogen) atoms. The molecule has 0 saturated heterocycles.